The predicted octanol–water partition coefficient (Wildman–Crippen LogP) is 1.09. The zero-order valence-corrected chi connectivity index (χ0v) is 17.6. The third-order valence-corrected chi connectivity index (χ3v) is 6.71. The van der Waals surface area contributed by atoms with Crippen molar-refractivity contribution in [2.45, 2.75) is 31.2 Å². The van der Waals surface area contributed by atoms with Crippen molar-refractivity contribution in [2.75, 3.05) is 38.2 Å². The number of carbonyl (C=O) groups excluding carboxylic acids is 2. The molecule has 1 aromatic carbocycles. The molecule has 1 fully saturated rings. The van der Waals surface area contributed by atoms with Gasteiger partial charge < -0.3 is 9.80 Å². The maximum atomic E-state index is 12.9. The Balaban J connectivity index is 2.11. The first-order valence-corrected chi connectivity index (χ1v) is 11.7. The largest absolute Gasteiger partial charge is 0.339 e. The molecule has 2 rings (SSSR count). The first-order chi connectivity index (χ1) is 12.7. The van der Waals surface area contributed by atoms with Gasteiger partial charge in [-0.15, -0.1) is 0 Å². The summed E-state index contributed by atoms with van der Waals surface area (Å²) in [7, 11) is -3.79. The van der Waals surface area contributed by atoms with Crippen LogP contribution in [-0.2, 0) is 19.6 Å². The molecule has 0 radical (unpaired) electrons. The number of hydrogen-bond donors (Lipinski definition) is 1. The second-order valence-corrected chi connectivity index (χ2v) is 9.30. The summed E-state index contributed by atoms with van der Waals surface area (Å²) in [6.07, 6.45) is 2.33. The summed E-state index contributed by atoms with van der Waals surface area (Å²) in [5.74, 6) is 0.421. The highest BCUT2D eigenvalue weighted by molar-refractivity contribution is 7.98. The van der Waals surface area contributed by atoms with Crippen LogP contribution in [0.3, 0.4) is 0 Å². The van der Waals surface area contributed by atoms with Crippen LogP contribution in [0.5, 0.6) is 0 Å². The van der Waals surface area contributed by atoms with Crippen molar-refractivity contribution in [3.05, 3.63) is 29.8 Å². The Morgan fingerprint density at radius 1 is 1.11 bits per heavy atom. The molecule has 150 valence electrons. The molecule has 9 heteroatoms. The number of amides is 2. The average Bonchev–Trinajstić information content (AvgIpc) is 2.65. The second-order valence-electron chi connectivity index (χ2n) is 6.60. The summed E-state index contributed by atoms with van der Waals surface area (Å²) in [4.78, 5) is 27.9. The molecule has 0 saturated carbocycles. The molecule has 1 N–H and O–H groups in total. The molecule has 0 aliphatic carbocycles. The number of hydrogen-bond acceptors (Lipinski definition) is 5. The van der Waals surface area contributed by atoms with Crippen molar-refractivity contribution < 1.29 is 18.0 Å². The maximum absolute atomic E-state index is 12.9. The Bertz CT molecular complexity index is 757. The Kier molecular flexibility index (Phi) is 7.69. The fraction of sp³-hybridized carbons (Fsp3) is 0.556. The summed E-state index contributed by atoms with van der Waals surface area (Å²) < 4.78 is 28.0. The van der Waals surface area contributed by atoms with E-state index in [1.54, 1.807) is 45.8 Å². The molecule has 7 nitrogen and oxygen atoms in total. The lowest BCUT2D eigenvalue weighted by Gasteiger charge is -2.36. The predicted molar refractivity (Wildman–Crippen MR) is 107 cm³/mol. The normalized spacial score (nSPS) is 16.3. The summed E-state index contributed by atoms with van der Waals surface area (Å²) in [5, 5.41) is 0. The zero-order chi connectivity index (χ0) is 20.0. The average molecular weight is 414 g/mol. The number of benzene rings is 1. The summed E-state index contributed by atoms with van der Waals surface area (Å²) in [6, 6.07) is 5.73. The molecular weight excluding hydrogens is 386 g/mol. The standard InChI is InChI=1S/C18H27N3O4S2/c1-14-4-6-16(7-5-14)27(24,25)19-17(8-13-26-3)18(23)21-11-9-20(10-12-21)15(2)22/h4-7,17,19H,8-13H2,1-3H3/t17-/m1/s1. The number of aryl methyl sites for hydroxylation is 1. The smallest absolute Gasteiger partial charge is 0.241 e. The fourth-order valence-electron chi connectivity index (χ4n) is 2.90. The molecule has 0 bridgehead atoms. The van der Waals surface area contributed by atoms with E-state index in [0.717, 1.165) is 5.56 Å². The number of nitrogens with one attached hydrogen (secondary N) is 1. The van der Waals surface area contributed by atoms with Crippen LogP contribution >= 0.6 is 11.8 Å². The lowest BCUT2D eigenvalue weighted by Crippen LogP contribution is -2.55. The fourth-order valence-corrected chi connectivity index (χ4v) is 4.60. The Morgan fingerprint density at radius 2 is 1.67 bits per heavy atom. The van der Waals surface area contributed by atoms with Gasteiger partial charge >= 0.3 is 0 Å². The monoisotopic (exact) mass is 413 g/mol. The highest BCUT2D eigenvalue weighted by atomic mass is 32.2. The number of thioether (sulfide) groups is 1. The molecule has 0 unspecified atom stereocenters. The second kappa shape index (κ2) is 9.57. The van der Waals surface area contributed by atoms with Crippen LogP contribution in [0.15, 0.2) is 29.2 Å². The van der Waals surface area contributed by atoms with Crippen LogP contribution in [0.4, 0.5) is 0 Å². The van der Waals surface area contributed by atoms with Crippen molar-refractivity contribution in [1.82, 2.24) is 14.5 Å². The van der Waals surface area contributed by atoms with Crippen LogP contribution in [-0.4, -0.2) is 74.3 Å². The van der Waals surface area contributed by atoms with Crippen LogP contribution in [0.1, 0.15) is 18.9 Å². The van der Waals surface area contributed by atoms with Crippen molar-refractivity contribution >= 4 is 33.6 Å². The molecule has 1 heterocycles. The Morgan fingerprint density at radius 3 is 2.19 bits per heavy atom. The maximum Gasteiger partial charge on any atom is 0.241 e. The van der Waals surface area contributed by atoms with Gasteiger partial charge in [0.2, 0.25) is 21.8 Å². The highest BCUT2D eigenvalue weighted by Crippen LogP contribution is 2.14. The van der Waals surface area contributed by atoms with Crippen LogP contribution in [0.2, 0.25) is 0 Å². The first kappa shape index (κ1) is 21.7. The minimum absolute atomic E-state index is 0.0129. The van der Waals surface area contributed by atoms with Gasteiger partial charge in [-0.2, -0.15) is 16.5 Å². The number of carbonyl (C=O) groups is 2. The number of piperazine rings is 1. The molecule has 1 aliphatic heterocycles. The lowest BCUT2D eigenvalue weighted by atomic mass is 10.2. The summed E-state index contributed by atoms with van der Waals surface area (Å²) in [5.41, 5.74) is 0.965. The lowest BCUT2D eigenvalue weighted by molar-refractivity contribution is -0.139. The topological polar surface area (TPSA) is 86.8 Å². The molecule has 2 amide bonds. The summed E-state index contributed by atoms with van der Waals surface area (Å²) >= 11 is 1.56. The van der Waals surface area contributed by atoms with E-state index in [0.29, 0.717) is 38.4 Å². The minimum atomic E-state index is -3.79. The van der Waals surface area contributed by atoms with Crippen molar-refractivity contribution in [3.63, 3.8) is 0 Å². The van der Waals surface area contributed by atoms with Gasteiger partial charge in [-0.3, -0.25) is 9.59 Å². The van der Waals surface area contributed by atoms with Gasteiger partial charge in [0.15, 0.2) is 0 Å². The van der Waals surface area contributed by atoms with Gasteiger partial charge in [-0.05, 0) is 37.5 Å². The molecular formula is C18H27N3O4S2. The van der Waals surface area contributed by atoms with Gasteiger partial charge in [0.1, 0.15) is 6.04 Å². The van der Waals surface area contributed by atoms with E-state index in [1.165, 1.54) is 6.92 Å². The molecule has 1 aromatic rings. The van der Waals surface area contributed by atoms with Crippen LogP contribution < -0.4 is 4.72 Å². The van der Waals surface area contributed by atoms with E-state index in [4.69, 9.17) is 0 Å². The zero-order valence-electron chi connectivity index (χ0n) is 16.0. The van der Waals surface area contributed by atoms with Crippen molar-refractivity contribution in [2.24, 2.45) is 0 Å². The Hall–Kier alpha value is -1.58. The van der Waals surface area contributed by atoms with Crippen LogP contribution in [0, 0.1) is 6.92 Å². The van der Waals surface area contributed by atoms with Gasteiger partial charge in [-0.1, -0.05) is 17.7 Å². The molecule has 0 spiro atoms. The quantitative estimate of drug-likeness (QED) is 0.723. The van der Waals surface area contributed by atoms with Crippen LogP contribution in [0.25, 0.3) is 0 Å². The van der Waals surface area contributed by atoms with Crippen molar-refractivity contribution in [3.8, 4) is 0 Å². The van der Waals surface area contributed by atoms with Gasteiger partial charge in [0.25, 0.3) is 0 Å². The SMILES string of the molecule is CSCC[C@@H](NS(=O)(=O)c1ccc(C)cc1)C(=O)N1CCN(C(C)=O)CC1. The summed E-state index contributed by atoms with van der Waals surface area (Å²) in [6.45, 7) is 5.17. The number of nitrogens with zero attached hydrogens (tertiary/aromatic N) is 2. The first-order valence-electron chi connectivity index (χ1n) is 8.87. The molecule has 1 atom stereocenters. The van der Waals surface area contributed by atoms with E-state index in [9.17, 15) is 18.0 Å². The van der Waals surface area contributed by atoms with E-state index in [-0.39, 0.29) is 16.7 Å². The minimum Gasteiger partial charge on any atom is -0.339 e. The van der Waals surface area contributed by atoms with E-state index >= 15 is 0 Å². The molecule has 0 aromatic heterocycles. The van der Waals surface area contributed by atoms with Gasteiger partial charge in [0, 0.05) is 33.1 Å². The molecule has 27 heavy (non-hydrogen) atoms. The van der Waals surface area contributed by atoms with E-state index in [1.807, 2.05) is 13.2 Å². The third kappa shape index (κ3) is 5.95. The Labute approximate surface area is 165 Å². The van der Waals surface area contributed by atoms with E-state index in [2.05, 4.69) is 4.72 Å². The highest BCUT2D eigenvalue weighted by Gasteiger charge is 2.31. The third-order valence-electron chi connectivity index (χ3n) is 4.57. The van der Waals surface area contributed by atoms with E-state index < -0.39 is 16.1 Å². The molecule has 1 aliphatic rings. The number of rotatable bonds is 7. The van der Waals surface area contributed by atoms with Crippen molar-refractivity contribution in [1.29, 1.82) is 0 Å². The van der Waals surface area contributed by atoms with Gasteiger partial charge in [-0.25, -0.2) is 8.42 Å². The number of sulfonamides is 1. The van der Waals surface area contributed by atoms with Gasteiger partial charge in [0.05, 0.1) is 4.90 Å². The molecule has 1 saturated heterocycles.